The molecular weight excluding hydrogens is 340 g/mol. The van der Waals surface area contributed by atoms with E-state index in [1.54, 1.807) is 0 Å². The number of halogens is 1. The highest BCUT2D eigenvalue weighted by Gasteiger charge is 2.55. The molecule has 2 N–H and O–H groups in total. The van der Waals surface area contributed by atoms with Crippen molar-refractivity contribution >= 4 is 18.4 Å². The van der Waals surface area contributed by atoms with Gasteiger partial charge >= 0.3 is 5.97 Å². The van der Waals surface area contributed by atoms with Gasteiger partial charge in [0.2, 0.25) is 0 Å². The van der Waals surface area contributed by atoms with Crippen LogP contribution in [0.2, 0.25) is 0 Å². The first-order valence-corrected chi connectivity index (χ1v) is 8.49. The van der Waals surface area contributed by atoms with E-state index in [0.29, 0.717) is 6.42 Å². The van der Waals surface area contributed by atoms with Crippen molar-refractivity contribution in [2.45, 2.75) is 64.2 Å². The molecule has 0 aliphatic carbocycles. The Bertz CT molecular complexity index is 577. The molecule has 25 heavy (non-hydrogen) atoms. The standard InChI is InChI=1S/C19H30N2O3.Cl/c1-13(14-10-8-7-9-11-14)20-15-12-18(2,3)21(23)19(4,5)16(15)17(22)24-6;/h7-11,13,15-16,20,23H,12H2,1-6H3;/t13-,15+,16-;/m0./s1. The van der Waals surface area contributed by atoms with Crippen LogP contribution in [0.5, 0.6) is 0 Å². The number of nitrogens with one attached hydrogen (secondary N) is 1. The van der Waals surface area contributed by atoms with Crippen LogP contribution >= 0.6 is 12.4 Å². The van der Waals surface area contributed by atoms with Gasteiger partial charge < -0.3 is 15.3 Å². The summed E-state index contributed by atoms with van der Waals surface area (Å²) in [5, 5.41) is 15.6. The van der Waals surface area contributed by atoms with Crippen LogP contribution in [0.25, 0.3) is 0 Å². The fraction of sp³-hybridized carbons (Fsp3) is 0.632. The van der Waals surface area contributed by atoms with E-state index in [1.807, 2.05) is 45.9 Å². The summed E-state index contributed by atoms with van der Waals surface area (Å²) in [5.74, 6) is -0.765. The minimum atomic E-state index is -0.733. The summed E-state index contributed by atoms with van der Waals surface area (Å²) < 4.78 is 5.04. The Hall–Kier alpha value is -1.14. The van der Waals surface area contributed by atoms with E-state index < -0.39 is 17.0 Å². The number of rotatable bonds is 4. The number of hydrogen-bond donors (Lipinski definition) is 2. The fourth-order valence-corrected chi connectivity index (χ4v) is 4.04. The number of esters is 1. The first-order chi connectivity index (χ1) is 11.1. The molecule has 0 bridgehead atoms. The zero-order chi connectivity index (χ0) is 18.1. The first-order valence-electron chi connectivity index (χ1n) is 8.49. The van der Waals surface area contributed by atoms with Crippen molar-refractivity contribution in [2.24, 2.45) is 5.92 Å². The maximum Gasteiger partial charge on any atom is 0.312 e. The van der Waals surface area contributed by atoms with Crippen LogP contribution in [0.4, 0.5) is 0 Å². The van der Waals surface area contributed by atoms with E-state index >= 15 is 0 Å². The van der Waals surface area contributed by atoms with Gasteiger partial charge in [-0.3, -0.25) is 4.79 Å². The summed E-state index contributed by atoms with van der Waals surface area (Å²) >= 11 is 0. The van der Waals surface area contributed by atoms with E-state index in [4.69, 9.17) is 4.74 Å². The van der Waals surface area contributed by atoms with E-state index in [0.717, 1.165) is 0 Å². The lowest BCUT2D eigenvalue weighted by molar-refractivity contribution is -0.265. The third kappa shape index (κ3) is 4.34. The van der Waals surface area contributed by atoms with Gasteiger partial charge in [0.25, 0.3) is 0 Å². The Morgan fingerprint density at radius 3 is 2.36 bits per heavy atom. The molecule has 3 atom stereocenters. The van der Waals surface area contributed by atoms with Gasteiger partial charge in [-0.1, -0.05) is 30.3 Å². The molecule has 1 aromatic carbocycles. The molecule has 1 radical (unpaired) electrons. The molecule has 1 aliphatic heterocycles. The van der Waals surface area contributed by atoms with Crippen molar-refractivity contribution in [1.29, 1.82) is 0 Å². The van der Waals surface area contributed by atoms with Crippen LogP contribution in [-0.2, 0) is 9.53 Å². The van der Waals surface area contributed by atoms with Crippen LogP contribution < -0.4 is 5.32 Å². The normalized spacial score (nSPS) is 26.4. The van der Waals surface area contributed by atoms with Gasteiger partial charge in [0.05, 0.1) is 18.6 Å². The Kier molecular flexibility index (Phi) is 7.04. The van der Waals surface area contributed by atoms with Gasteiger partial charge in [-0.2, -0.15) is 5.06 Å². The van der Waals surface area contributed by atoms with Crippen LogP contribution in [-0.4, -0.2) is 40.5 Å². The largest absolute Gasteiger partial charge is 0.469 e. The second-order valence-corrected chi connectivity index (χ2v) is 7.89. The van der Waals surface area contributed by atoms with E-state index in [9.17, 15) is 10.0 Å². The monoisotopic (exact) mass is 369 g/mol. The number of carbonyl (C=O) groups excluding carboxylic acids is 1. The average molecular weight is 370 g/mol. The van der Waals surface area contributed by atoms with Crippen molar-refractivity contribution < 1.29 is 14.7 Å². The Labute approximate surface area is 157 Å². The van der Waals surface area contributed by atoms with Crippen molar-refractivity contribution in [3.8, 4) is 0 Å². The lowest BCUT2D eigenvalue weighted by Crippen LogP contribution is -2.69. The Balaban J connectivity index is 0.00000312. The summed E-state index contributed by atoms with van der Waals surface area (Å²) in [4.78, 5) is 12.5. The van der Waals surface area contributed by atoms with Gasteiger partial charge in [0.1, 0.15) is 0 Å². The second kappa shape index (κ2) is 8.04. The molecule has 2 rings (SSSR count). The smallest absolute Gasteiger partial charge is 0.312 e. The van der Waals surface area contributed by atoms with Crippen molar-refractivity contribution in [2.75, 3.05) is 7.11 Å². The third-order valence-electron chi connectivity index (χ3n) is 5.22. The number of benzene rings is 1. The van der Waals surface area contributed by atoms with E-state index in [-0.39, 0.29) is 30.5 Å². The quantitative estimate of drug-likeness (QED) is 0.789. The number of piperidine rings is 1. The number of methoxy groups -OCH3 is 1. The van der Waals surface area contributed by atoms with Gasteiger partial charge in [-0.05, 0) is 46.6 Å². The fourth-order valence-electron chi connectivity index (χ4n) is 4.04. The van der Waals surface area contributed by atoms with Gasteiger partial charge in [-0.25, -0.2) is 0 Å². The topological polar surface area (TPSA) is 61.8 Å². The summed E-state index contributed by atoms with van der Waals surface area (Å²) in [6, 6.07) is 10.2. The number of ether oxygens (including phenoxy) is 1. The molecule has 1 heterocycles. The van der Waals surface area contributed by atoms with Crippen molar-refractivity contribution in [3.63, 3.8) is 0 Å². The predicted octanol–water partition coefficient (Wildman–Crippen LogP) is 3.84. The Morgan fingerprint density at radius 1 is 1.28 bits per heavy atom. The highest BCUT2D eigenvalue weighted by atomic mass is 35.5. The van der Waals surface area contributed by atoms with Crippen LogP contribution in [0.15, 0.2) is 30.3 Å². The highest BCUT2D eigenvalue weighted by Crippen LogP contribution is 2.42. The van der Waals surface area contributed by atoms with Crippen molar-refractivity contribution in [3.05, 3.63) is 35.9 Å². The molecule has 0 aromatic heterocycles. The molecule has 1 aliphatic rings. The minimum absolute atomic E-state index is 0. The van der Waals surface area contributed by atoms with E-state index in [2.05, 4.69) is 24.4 Å². The molecule has 0 saturated carbocycles. The molecule has 1 aromatic rings. The molecule has 5 nitrogen and oxygen atoms in total. The van der Waals surface area contributed by atoms with Crippen molar-refractivity contribution in [1.82, 2.24) is 10.4 Å². The maximum atomic E-state index is 12.5. The summed E-state index contributed by atoms with van der Waals surface area (Å²) in [6.45, 7) is 9.85. The lowest BCUT2D eigenvalue weighted by Gasteiger charge is -2.55. The van der Waals surface area contributed by atoms with Gasteiger partial charge in [0.15, 0.2) is 0 Å². The highest BCUT2D eigenvalue weighted by molar-refractivity contribution is 5.85. The minimum Gasteiger partial charge on any atom is -0.469 e. The predicted molar refractivity (Wildman–Crippen MR) is 99.5 cm³/mol. The number of nitrogens with zero attached hydrogens (tertiary/aromatic N) is 1. The molecule has 1 fully saturated rings. The Morgan fingerprint density at radius 2 is 1.84 bits per heavy atom. The number of hydroxylamine groups is 2. The molecule has 0 spiro atoms. The molecule has 141 valence electrons. The van der Waals surface area contributed by atoms with Crippen LogP contribution in [0, 0.1) is 5.92 Å². The van der Waals surface area contributed by atoms with Gasteiger partial charge in [0, 0.05) is 30.0 Å². The first kappa shape index (κ1) is 21.9. The zero-order valence-electron chi connectivity index (χ0n) is 15.9. The summed E-state index contributed by atoms with van der Waals surface area (Å²) in [6.07, 6.45) is 0.643. The number of hydrogen-bond acceptors (Lipinski definition) is 5. The maximum absolute atomic E-state index is 12.5. The van der Waals surface area contributed by atoms with Gasteiger partial charge in [-0.15, -0.1) is 0 Å². The molecule has 1 saturated heterocycles. The second-order valence-electron chi connectivity index (χ2n) is 7.89. The summed E-state index contributed by atoms with van der Waals surface area (Å²) in [5.41, 5.74) is -0.00599. The zero-order valence-corrected chi connectivity index (χ0v) is 16.7. The molecule has 0 unspecified atom stereocenters. The summed E-state index contributed by atoms with van der Waals surface area (Å²) in [7, 11) is 1.40. The third-order valence-corrected chi connectivity index (χ3v) is 5.22. The average Bonchev–Trinajstić information content (AvgIpc) is 2.53. The van der Waals surface area contributed by atoms with E-state index in [1.165, 1.54) is 17.7 Å². The van der Waals surface area contributed by atoms with Crippen LogP contribution in [0.3, 0.4) is 0 Å². The molecule has 6 heteroatoms. The lowest BCUT2D eigenvalue weighted by atomic mass is 9.70. The number of carbonyl (C=O) groups is 1. The SMILES string of the molecule is COC(=O)[C@@H]1[C@H](N[C@@H](C)c2ccccc2)CC(C)(C)N(O)C1(C)C.[Cl]. The molecule has 0 amide bonds. The van der Waals surface area contributed by atoms with Crippen LogP contribution in [0.1, 0.15) is 52.6 Å². The molecular formula is C19H30ClN2O3.